The number of alkyl halides is 3. The van der Waals surface area contributed by atoms with Gasteiger partial charge in [0.25, 0.3) is 0 Å². The van der Waals surface area contributed by atoms with Gasteiger partial charge in [-0.05, 0) is 99.2 Å². The predicted octanol–water partition coefficient (Wildman–Crippen LogP) is 7.25. The first-order chi connectivity index (χ1) is 20.2. The molecule has 7 aliphatic carbocycles. The Labute approximate surface area is 242 Å². The normalized spacial score (nSPS) is 32.9. The van der Waals surface area contributed by atoms with Crippen molar-refractivity contribution in [2.45, 2.75) is 100 Å². The number of carbonyl (C=O) groups is 1. The molecule has 3 aromatic rings. The molecule has 10 rings (SSSR count). The molecule has 0 N–H and O–H groups in total. The first-order valence-corrected chi connectivity index (χ1v) is 15.2. The minimum Gasteiger partial charge on any atom is -0.339 e. The summed E-state index contributed by atoms with van der Waals surface area (Å²) in [4.78, 5) is 29.2. The third-order valence-electron chi connectivity index (χ3n) is 11.0. The first-order valence-electron chi connectivity index (χ1n) is 15.2. The van der Waals surface area contributed by atoms with Crippen molar-refractivity contribution in [2.75, 3.05) is 11.4 Å². The number of carbonyl (C=O) groups excluding carboxylic acids is 1. The number of anilines is 1. The molecule has 7 aliphatic rings. The smallest absolute Gasteiger partial charge is 0.300 e. The van der Waals surface area contributed by atoms with Crippen molar-refractivity contribution in [2.24, 2.45) is 10.8 Å². The molecule has 0 radical (unpaired) electrons. The summed E-state index contributed by atoms with van der Waals surface area (Å²) in [6.07, 6.45) is 9.92. The van der Waals surface area contributed by atoms with Crippen molar-refractivity contribution in [1.82, 2.24) is 20.1 Å². The zero-order valence-electron chi connectivity index (χ0n) is 23.5. The van der Waals surface area contributed by atoms with Gasteiger partial charge in [0.05, 0.1) is 0 Å². The third kappa shape index (κ3) is 4.35. The molecule has 220 valence electrons. The molecule has 1 aromatic carbocycles. The van der Waals surface area contributed by atoms with Gasteiger partial charge in [-0.15, -0.1) is 0 Å². The Balaban J connectivity index is 1.05. The molecule has 7 nitrogen and oxygen atoms in total. The van der Waals surface area contributed by atoms with Gasteiger partial charge in [-0.2, -0.15) is 4.98 Å². The summed E-state index contributed by atoms with van der Waals surface area (Å²) in [5.41, 5.74) is 0.996. The van der Waals surface area contributed by atoms with Gasteiger partial charge in [-0.25, -0.2) is 23.1 Å². The molecule has 0 saturated heterocycles. The number of nitrogens with zero attached hydrogens (tertiary/aromatic N) is 5. The molecule has 42 heavy (non-hydrogen) atoms. The highest BCUT2D eigenvalue weighted by Crippen LogP contribution is 2.71. The highest BCUT2D eigenvalue weighted by atomic mass is 19.3. The standard InChI is InChI=1S/C32H34F3N5O2/c33-25(34)27-38-28(42-39-27)31-9-6-29(7-10-31,8-11-31)19-40(24(41)13-30-16-32(35,17-30)18-30)23-3-1-2-21(12-23)22-14-36-26(37-15-22)20-4-5-20/h1-3,12,14-15,20,25H,4-11,13,16-19H2. The fourth-order valence-corrected chi connectivity index (χ4v) is 8.38. The maximum Gasteiger partial charge on any atom is 0.300 e. The van der Waals surface area contributed by atoms with Crippen LogP contribution in [0.4, 0.5) is 18.9 Å². The number of halogens is 3. The fraction of sp³-hybridized carbons (Fsp3) is 0.594. The summed E-state index contributed by atoms with van der Waals surface area (Å²) in [5, 5.41) is 3.51. The predicted molar refractivity (Wildman–Crippen MR) is 148 cm³/mol. The molecular weight excluding hydrogens is 543 g/mol. The van der Waals surface area contributed by atoms with Gasteiger partial charge < -0.3 is 9.42 Å². The van der Waals surface area contributed by atoms with Crippen LogP contribution in [-0.4, -0.2) is 38.2 Å². The van der Waals surface area contributed by atoms with Crippen LogP contribution in [0.15, 0.2) is 41.2 Å². The molecule has 1 amide bonds. The molecular formula is C32H34F3N5O2. The van der Waals surface area contributed by atoms with Gasteiger partial charge in [-0.1, -0.05) is 17.3 Å². The molecule has 0 aliphatic heterocycles. The largest absolute Gasteiger partial charge is 0.339 e. The van der Waals surface area contributed by atoms with Crippen LogP contribution in [0.25, 0.3) is 11.1 Å². The van der Waals surface area contributed by atoms with E-state index in [2.05, 4.69) is 20.1 Å². The number of hydrogen-bond acceptors (Lipinski definition) is 6. The molecule has 2 aromatic heterocycles. The van der Waals surface area contributed by atoms with Crippen LogP contribution in [0.1, 0.15) is 107 Å². The zero-order chi connectivity index (χ0) is 28.7. The minimum absolute atomic E-state index is 0.0458. The highest BCUT2D eigenvalue weighted by molar-refractivity contribution is 5.95. The van der Waals surface area contributed by atoms with E-state index in [-0.39, 0.29) is 22.2 Å². The van der Waals surface area contributed by atoms with Crippen LogP contribution in [0.3, 0.4) is 0 Å². The first kappa shape index (κ1) is 26.3. The zero-order valence-corrected chi connectivity index (χ0v) is 23.5. The van der Waals surface area contributed by atoms with Gasteiger partial charge in [0.1, 0.15) is 11.5 Å². The summed E-state index contributed by atoms with van der Waals surface area (Å²) < 4.78 is 45.9. The number of hydrogen-bond donors (Lipinski definition) is 0. The van der Waals surface area contributed by atoms with Gasteiger partial charge >= 0.3 is 6.43 Å². The monoisotopic (exact) mass is 577 g/mol. The number of fused-ring (bicyclic) bond motifs is 3. The summed E-state index contributed by atoms with van der Waals surface area (Å²) in [7, 11) is 0. The summed E-state index contributed by atoms with van der Waals surface area (Å²) >= 11 is 0. The van der Waals surface area contributed by atoms with E-state index >= 15 is 0 Å². The van der Waals surface area contributed by atoms with Crippen molar-refractivity contribution in [1.29, 1.82) is 0 Å². The number of amides is 1. The van der Waals surface area contributed by atoms with Crippen molar-refractivity contribution < 1.29 is 22.5 Å². The maximum atomic E-state index is 14.3. The second kappa shape index (κ2) is 9.10. The van der Waals surface area contributed by atoms with Crippen LogP contribution < -0.4 is 4.90 Å². The van der Waals surface area contributed by atoms with Gasteiger partial charge in [0.2, 0.25) is 17.6 Å². The lowest BCUT2D eigenvalue weighted by atomic mass is 9.41. The molecule has 4 bridgehead atoms. The molecule has 2 heterocycles. The Bertz CT molecular complexity index is 1490. The summed E-state index contributed by atoms with van der Waals surface area (Å²) in [6, 6.07) is 8.01. The second-order valence-electron chi connectivity index (χ2n) is 14.0. The van der Waals surface area contributed by atoms with E-state index in [9.17, 15) is 18.0 Å². The quantitative estimate of drug-likeness (QED) is 0.266. The molecule has 0 unspecified atom stereocenters. The van der Waals surface area contributed by atoms with Crippen LogP contribution in [0.2, 0.25) is 0 Å². The van der Waals surface area contributed by atoms with Crippen LogP contribution in [0, 0.1) is 10.8 Å². The average Bonchev–Trinajstić information content (AvgIpc) is 3.70. The SMILES string of the molecule is O=C(CC12CC(F)(C1)C2)N(CC12CCC(c3nc(C(F)F)no3)(CC1)CC2)c1cccc(-c2cnc(C3CC3)nc2)c1. The molecule has 0 atom stereocenters. The van der Waals surface area contributed by atoms with E-state index < -0.39 is 17.9 Å². The van der Waals surface area contributed by atoms with Crippen molar-refractivity contribution in [3.8, 4) is 11.1 Å². The van der Waals surface area contributed by atoms with E-state index in [1.54, 1.807) is 0 Å². The van der Waals surface area contributed by atoms with Gasteiger partial charge in [0, 0.05) is 47.9 Å². The van der Waals surface area contributed by atoms with Crippen LogP contribution in [-0.2, 0) is 10.2 Å². The van der Waals surface area contributed by atoms with Crippen LogP contribution >= 0.6 is 0 Å². The number of benzene rings is 1. The van der Waals surface area contributed by atoms with E-state index in [0.29, 0.717) is 44.0 Å². The third-order valence-corrected chi connectivity index (χ3v) is 11.0. The topological polar surface area (TPSA) is 85.0 Å². The molecule has 7 saturated carbocycles. The number of aromatic nitrogens is 4. The molecule has 0 spiro atoms. The number of rotatable bonds is 9. The lowest BCUT2D eigenvalue weighted by molar-refractivity contribution is -0.215. The minimum atomic E-state index is -2.75. The molecule has 10 heteroatoms. The van der Waals surface area contributed by atoms with Crippen molar-refractivity contribution in [3.63, 3.8) is 0 Å². The van der Waals surface area contributed by atoms with Gasteiger partial charge in [0.15, 0.2) is 0 Å². The highest BCUT2D eigenvalue weighted by Gasteiger charge is 2.69. The Morgan fingerprint density at radius 2 is 1.67 bits per heavy atom. The van der Waals surface area contributed by atoms with Gasteiger partial charge in [-0.3, -0.25) is 4.79 Å². The van der Waals surface area contributed by atoms with Crippen molar-refractivity contribution in [3.05, 3.63) is 54.2 Å². The lowest BCUT2D eigenvalue weighted by Gasteiger charge is -2.66. The average molecular weight is 578 g/mol. The Morgan fingerprint density at radius 3 is 2.26 bits per heavy atom. The Hall–Kier alpha value is -3.30. The van der Waals surface area contributed by atoms with E-state index in [1.165, 1.54) is 0 Å². The van der Waals surface area contributed by atoms with Crippen molar-refractivity contribution >= 4 is 11.6 Å². The van der Waals surface area contributed by atoms with E-state index in [4.69, 9.17) is 4.52 Å². The second-order valence-corrected chi connectivity index (χ2v) is 14.0. The maximum absolute atomic E-state index is 14.3. The fourth-order valence-electron chi connectivity index (χ4n) is 8.38. The van der Waals surface area contributed by atoms with E-state index in [0.717, 1.165) is 74.0 Å². The summed E-state index contributed by atoms with van der Waals surface area (Å²) in [5.74, 6) is 1.20. The molecule has 7 fully saturated rings. The summed E-state index contributed by atoms with van der Waals surface area (Å²) in [6.45, 7) is 0.575. The lowest BCUT2D eigenvalue weighted by Crippen LogP contribution is -2.65. The van der Waals surface area contributed by atoms with E-state index in [1.807, 2.05) is 41.6 Å². The van der Waals surface area contributed by atoms with Crippen LogP contribution in [0.5, 0.6) is 0 Å². The Morgan fingerprint density at radius 1 is 0.976 bits per heavy atom. The Kier molecular flexibility index (Phi) is 5.71.